The lowest BCUT2D eigenvalue weighted by Gasteiger charge is -2.17. The maximum atomic E-state index is 2.38. The van der Waals surface area contributed by atoms with E-state index in [-0.39, 0.29) is 0 Å². The molecule has 0 saturated carbocycles. The van der Waals surface area contributed by atoms with Gasteiger partial charge >= 0.3 is 0 Å². The van der Waals surface area contributed by atoms with Crippen LogP contribution in [0.1, 0.15) is 0 Å². The van der Waals surface area contributed by atoms with Gasteiger partial charge in [-0.1, -0.05) is 133 Å². The van der Waals surface area contributed by atoms with Gasteiger partial charge in [-0.3, -0.25) is 0 Å². The molecule has 45 heavy (non-hydrogen) atoms. The fourth-order valence-electron chi connectivity index (χ4n) is 7.65. The summed E-state index contributed by atoms with van der Waals surface area (Å²) in [6.45, 7) is 0. The van der Waals surface area contributed by atoms with E-state index in [0.717, 1.165) is 0 Å². The molecule has 0 unspecified atom stereocenters. The number of rotatable bonds is 3. The van der Waals surface area contributed by atoms with Gasteiger partial charge in [0.05, 0.1) is 11.0 Å². The summed E-state index contributed by atoms with van der Waals surface area (Å²) in [6, 6.07) is 60.3. The maximum absolute atomic E-state index is 2.38. The van der Waals surface area contributed by atoms with Crippen LogP contribution in [-0.2, 0) is 0 Å². The minimum atomic E-state index is 1.17. The van der Waals surface area contributed by atoms with Gasteiger partial charge in [0.2, 0.25) is 0 Å². The Balaban J connectivity index is 1.15. The molecule has 1 heterocycles. The molecule has 0 aliphatic carbocycles. The van der Waals surface area contributed by atoms with E-state index in [0.29, 0.717) is 0 Å². The van der Waals surface area contributed by atoms with E-state index in [1.54, 1.807) is 0 Å². The molecule has 1 nitrogen and oxygen atoms in total. The summed E-state index contributed by atoms with van der Waals surface area (Å²) in [7, 11) is 0. The van der Waals surface area contributed by atoms with Crippen molar-refractivity contribution >= 4 is 64.9 Å². The number of para-hydroxylation sites is 2. The van der Waals surface area contributed by atoms with Gasteiger partial charge in [0, 0.05) is 16.5 Å². The summed E-state index contributed by atoms with van der Waals surface area (Å²) < 4.78 is 2.38. The highest BCUT2D eigenvalue weighted by molar-refractivity contribution is 6.27. The Hall–Kier alpha value is -5.92. The molecule has 0 N–H and O–H groups in total. The predicted molar refractivity (Wildman–Crippen MR) is 193 cm³/mol. The van der Waals surface area contributed by atoms with Crippen LogP contribution in [-0.4, -0.2) is 4.57 Å². The highest BCUT2D eigenvalue weighted by Gasteiger charge is 2.16. The molecular weight excluding hydrogens is 542 g/mol. The van der Waals surface area contributed by atoms with Crippen molar-refractivity contribution in [3.63, 3.8) is 0 Å². The molecule has 0 bridgehead atoms. The summed E-state index contributed by atoms with van der Waals surface area (Å²) >= 11 is 0. The third-order valence-corrected chi connectivity index (χ3v) is 9.74. The van der Waals surface area contributed by atoms with Crippen molar-refractivity contribution in [2.24, 2.45) is 0 Å². The second-order valence-corrected chi connectivity index (χ2v) is 12.1. The zero-order valence-corrected chi connectivity index (χ0v) is 24.5. The third kappa shape index (κ3) is 3.56. The molecule has 0 aliphatic heterocycles. The Morgan fingerprint density at radius 1 is 0.311 bits per heavy atom. The minimum absolute atomic E-state index is 1.17. The van der Waals surface area contributed by atoms with E-state index >= 15 is 0 Å². The van der Waals surface area contributed by atoms with Gasteiger partial charge < -0.3 is 4.57 Å². The molecule has 0 radical (unpaired) electrons. The molecule has 1 heteroatoms. The van der Waals surface area contributed by atoms with Crippen LogP contribution in [0.3, 0.4) is 0 Å². The van der Waals surface area contributed by atoms with Crippen molar-refractivity contribution in [1.29, 1.82) is 0 Å². The molecule has 1 aromatic heterocycles. The first-order valence-electron chi connectivity index (χ1n) is 15.6. The largest absolute Gasteiger partial charge is 0.309 e. The van der Waals surface area contributed by atoms with Gasteiger partial charge in [-0.05, 0) is 95.7 Å². The molecule has 0 aliphatic rings. The number of aromatic nitrogens is 1. The Bertz CT molecular complexity index is 2690. The number of nitrogens with zero attached hydrogens (tertiary/aromatic N) is 1. The van der Waals surface area contributed by atoms with Gasteiger partial charge in [-0.15, -0.1) is 0 Å². The first-order valence-corrected chi connectivity index (χ1v) is 15.6. The number of fused-ring (bicyclic) bond motifs is 4. The Kier molecular flexibility index (Phi) is 5.06. The second-order valence-electron chi connectivity index (χ2n) is 12.1. The summed E-state index contributed by atoms with van der Waals surface area (Å²) in [4.78, 5) is 0. The first kappa shape index (κ1) is 24.5. The normalized spacial score (nSPS) is 12.0. The Labute approximate surface area is 260 Å². The van der Waals surface area contributed by atoms with E-state index in [4.69, 9.17) is 0 Å². The van der Waals surface area contributed by atoms with Gasteiger partial charge in [-0.25, -0.2) is 0 Å². The number of benzene rings is 9. The summed E-state index contributed by atoms with van der Waals surface area (Å²) in [5, 5.41) is 13.0. The molecule has 10 rings (SSSR count). The predicted octanol–water partition coefficient (Wildman–Crippen LogP) is 12.2. The number of hydrogen-bond donors (Lipinski definition) is 0. The van der Waals surface area contributed by atoms with E-state index in [1.165, 1.54) is 92.8 Å². The zero-order valence-electron chi connectivity index (χ0n) is 24.5. The van der Waals surface area contributed by atoms with Gasteiger partial charge in [0.1, 0.15) is 0 Å². The van der Waals surface area contributed by atoms with Crippen LogP contribution >= 0.6 is 0 Å². The van der Waals surface area contributed by atoms with E-state index in [9.17, 15) is 0 Å². The van der Waals surface area contributed by atoms with Crippen molar-refractivity contribution in [2.45, 2.75) is 0 Å². The van der Waals surface area contributed by atoms with Gasteiger partial charge in [0.15, 0.2) is 0 Å². The van der Waals surface area contributed by atoms with Crippen LogP contribution in [0.2, 0.25) is 0 Å². The lowest BCUT2D eigenvalue weighted by molar-refractivity contribution is 1.18. The van der Waals surface area contributed by atoms with Crippen LogP contribution in [0.15, 0.2) is 164 Å². The molecule has 0 atom stereocenters. The summed E-state index contributed by atoms with van der Waals surface area (Å²) in [6.07, 6.45) is 0. The minimum Gasteiger partial charge on any atom is -0.309 e. The highest BCUT2D eigenvalue weighted by atomic mass is 15.0. The van der Waals surface area contributed by atoms with E-state index in [1.807, 2.05) is 0 Å². The van der Waals surface area contributed by atoms with Crippen LogP contribution in [0.25, 0.3) is 92.8 Å². The van der Waals surface area contributed by atoms with Crippen LogP contribution in [0.4, 0.5) is 0 Å². The smallest absolute Gasteiger partial charge is 0.0541 e. The molecule has 0 saturated heterocycles. The van der Waals surface area contributed by atoms with Crippen molar-refractivity contribution < 1.29 is 0 Å². The topological polar surface area (TPSA) is 4.93 Å². The zero-order chi connectivity index (χ0) is 29.5. The second kappa shape index (κ2) is 9.29. The molecule has 10 aromatic rings. The van der Waals surface area contributed by atoms with Crippen molar-refractivity contribution in [1.82, 2.24) is 4.57 Å². The lowest BCUT2D eigenvalue weighted by Crippen LogP contribution is -1.94. The van der Waals surface area contributed by atoms with Crippen LogP contribution < -0.4 is 0 Å². The highest BCUT2D eigenvalue weighted by Crippen LogP contribution is 2.43. The fourth-order valence-corrected chi connectivity index (χ4v) is 7.65. The van der Waals surface area contributed by atoms with Crippen molar-refractivity contribution in [3.05, 3.63) is 164 Å². The molecular formula is C44H27N. The van der Waals surface area contributed by atoms with Gasteiger partial charge in [-0.2, -0.15) is 0 Å². The quantitative estimate of drug-likeness (QED) is 0.187. The monoisotopic (exact) mass is 569 g/mol. The maximum Gasteiger partial charge on any atom is 0.0541 e. The third-order valence-electron chi connectivity index (χ3n) is 9.74. The fraction of sp³-hybridized carbons (Fsp3) is 0. The van der Waals surface area contributed by atoms with Gasteiger partial charge in [0.25, 0.3) is 0 Å². The number of hydrogen-bond acceptors (Lipinski definition) is 0. The van der Waals surface area contributed by atoms with Crippen LogP contribution in [0, 0.1) is 0 Å². The lowest BCUT2D eigenvalue weighted by atomic mass is 9.87. The standard InChI is InChI=1S/C44H27N/c1-2-8-32-27-33(14-13-28(32)7-1)36-24-18-31-19-25-39-35(23-17-30-20-26-40(36)44(31)43(30)39)29-15-21-34(22-16-29)45-41-11-5-3-9-37(41)38-10-4-6-12-42(38)45/h1-27H. The first-order chi connectivity index (χ1) is 22.3. The molecule has 0 fully saturated rings. The summed E-state index contributed by atoms with van der Waals surface area (Å²) in [5.41, 5.74) is 8.67. The van der Waals surface area contributed by atoms with Crippen molar-refractivity contribution in [3.8, 4) is 27.9 Å². The van der Waals surface area contributed by atoms with Crippen LogP contribution in [0.5, 0.6) is 0 Å². The molecule has 0 amide bonds. The molecule has 0 spiro atoms. The van der Waals surface area contributed by atoms with E-state index < -0.39 is 0 Å². The Morgan fingerprint density at radius 2 is 0.800 bits per heavy atom. The Morgan fingerprint density at radius 3 is 1.44 bits per heavy atom. The SMILES string of the molecule is c1ccc2cc(-c3ccc4ccc5c(-c6ccc(-n7c8ccccc8c8ccccc87)cc6)ccc6ccc3c4c65)ccc2c1. The molecule has 9 aromatic carbocycles. The summed E-state index contributed by atoms with van der Waals surface area (Å²) in [5.74, 6) is 0. The average molecular weight is 570 g/mol. The molecule has 208 valence electrons. The van der Waals surface area contributed by atoms with E-state index in [2.05, 4.69) is 168 Å². The average Bonchev–Trinajstić information content (AvgIpc) is 3.45. The van der Waals surface area contributed by atoms with Crippen molar-refractivity contribution in [2.75, 3.05) is 0 Å².